The van der Waals surface area contributed by atoms with Crippen molar-refractivity contribution in [3.8, 4) is 0 Å². The monoisotopic (exact) mass is 406 g/mol. The topological polar surface area (TPSA) is 66.9 Å². The van der Waals surface area contributed by atoms with Gasteiger partial charge in [-0.3, -0.25) is 14.4 Å². The number of ether oxygens (including phenoxy) is 1. The third kappa shape index (κ3) is 4.08. The van der Waals surface area contributed by atoms with Crippen molar-refractivity contribution in [3.05, 3.63) is 59.7 Å². The lowest BCUT2D eigenvalue weighted by molar-refractivity contribution is -0.151. The number of carbonyl (C=O) groups excluding carboxylic acids is 3. The van der Waals surface area contributed by atoms with Crippen LogP contribution in [0.15, 0.2) is 48.5 Å². The minimum absolute atomic E-state index is 0.0996. The fraction of sp³-hybridized carbons (Fsp3) is 0.375. The maximum absolute atomic E-state index is 12.7. The van der Waals surface area contributed by atoms with E-state index in [1.165, 1.54) is 5.56 Å². The Morgan fingerprint density at radius 1 is 1.10 bits per heavy atom. The van der Waals surface area contributed by atoms with Gasteiger partial charge in [0.15, 0.2) is 6.61 Å². The zero-order valence-electron chi connectivity index (χ0n) is 17.2. The number of para-hydroxylation sites is 1. The predicted molar refractivity (Wildman–Crippen MR) is 114 cm³/mol. The predicted octanol–water partition coefficient (Wildman–Crippen LogP) is 3.12. The molecule has 0 unspecified atom stereocenters. The highest BCUT2D eigenvalue weighted by Crippen LogP contribution is 2.28. The van der Waals surface area contributed by atoms with Crippen molar-refractivity contribution in [2.24, 2.45) is 5.92 Å². The summed E-state index contributed by atoms with van der Waals surface area (Å²) in [6, 6.07) is 15.6. The van der Waals surface area contributed by atoms with Gasteiger partial charge in [0.2, 0.25) is 5.91 Å². The van der Waals surface area contributed by atoms with Crippen LogP contribution >= 0.6 is 0 Å². The number of hydrogen-bond acceptors (Lipinski definition) is 4. The van der Waals surface area contributed by atoms with Crippen molar-refractivity contribution in [2.45, 2.75) is 32.6 Å². The van der Waals surface area contributed by atoms with E-state index in [0.717, 1.165) is 36.2 Å². The summed E-state index contributed by atoms with van der Waals surface area (Å²) in [5.41, 5.74) is 4.00. The van der Waals surface area contributed by atoms with E-state index in [-0.39, 0.29) is 31.4 Å². The standard InChI is InChI=1S/C24H26N2O4/c1-2-17-9-11-20(12-10-17)26-15-19(14-22(26)27)24(29)30-16-23(28)25-13-5-7-18-6-3-4-8-21(18)25/h3-4,6,8-12,19H,2,5,7,13-16H2,1H3/t19-/m0/s1. The molecular weight excluding hydrogens is 380 g/mol. The zero-order valence-corrected chi connectivity index (χ0v) is 17.2. The first kappa shape index (κ1) is 20.1. The van der Waals surface area contributed by atoms with Gasteiger partial charge in [-0.25, -0.2) is 0 Å². The number of benzene rings is 2. The summed E-state index contributed by atoms with van der Waals surface area (Å²) >= 11 is 0. The fourth-order valence-corrected chi connectivity index (χ4v) is 4.15. The van der Waals surface area contributed by atoms with Gasteiger partial charge in [0, 0.05) is 30.9 Å². The molecule has 2 heterocycles. The van der Waals surface area contributed by atoms with E-state index in [1.54, 1.807) is 9.80 Å². The Kier molecular flexibility index (Phi) is 5.84. The number of fused-ring (bicyclic) bond motifs is 1. The third-order valence-electron chi connectivity index (χ3n) is 5.86. The molecule has 0 N–H and O–H groups in total. The first-order chi connectivity index (χ1) is 14.6. The molecule has 2 aromatic rings. The van der Waals surface area contributed by atoms with Crippen LogP contribution in [0.5, 0.6) is 0 Å². The number of esters is 1. The van der Waals surface area contributed by atoms with E-state index in [9.17, 15) is 14.4 Å². The lowest BCUT2D eigenvalue weighted by Crippen LogP contribution is -2.39. The summed E-state index contributed by atoms with van der Waals surface area (Å²) in [5.74, 6) is -1.37. The molecule has 4 rings (SSSR count). The second-order valence-corrected chi connectivity index (χ2v) is 7.81. The number of amides is 2. The van der Waals surface area contributed by atoms with E-state index in [2.05, 4.69) is 6.92 Å². The van der Waals surface area contributed by atoms with Crippen molar-refractivity contribution in [1.82, 2.24) is 0 Å². The van der Waals surface area contributed by atoms with Crippen LogP contribution in [-0.2, 0) is 32.0 Å². The van der Waals surface area contributed by atoms with E-state index >= 15 is 0 Å². The number of aryl methyl sites for hydroxylation is 2. The highest BCUT2D eigenvalue weighted by molar-refractivity contribution is 6.00. The quantitative estimate of drug-likeness (QED) is 0.716. The molecule has 1 atom stereocenters. The average molecular weight is 406 g/mol. The van der Waals surface area contributed by atoms with Crippen molar-refractivity contribution in [3.63, 3.8) is 0 Å². The molecule has 1 fully saturated rings. The summed E-state index contributed by atoms with van der Waals surface area (Å²) in [6.45, 7) is 2.68. The van der Waals surface area contributed by atoms with Crippen LogP contribution in [0, 0.1) is 5.92 Å². The molecule has 2 aliphatic rings. The molecule has 156 valence electrons. The Balaban J connectivity index is 1.34. The molecule has 0 aromatic heterocycles. The number of rotatable bonds is 5. The van der Waals surface area contributed by atoms with Gasteiger partial charge >= 0.3 is 5.97 Å². The molecule has 2 aromatic carbocycles. The van der Waals surface area contributed by atoms with Crippen LogP contribution in [0.3, 0.4) is 0 Å². The van der Waals surface area contributed by atoms with Crippen LogP contribution in [0.25, 0.3) is 0 Å². The molecule has 6 nitrogen and oxygen atoms in total. The van der Waals surface area contributed by atoms with E-state index in [1.807, 2.05) is 48.5 Å². The van der Waals surface area contributed by atoms with Crippen molar-refractivity contribution < 1.29 is 19.1 Å². The summed E-state index contributed by atoms with van der Waals surface area (Å²) in [7, 11) is 0. The highest BCUT2D eigenvalue weighted by atomic mass is 16.5. The van der Waals surface area contributed by atoms with Crippen LogP contribution in [0.4, 0.5) is 11.4 Å². The Labute approximate surface area is 176 Å². The fourth-order valence-electron chi connectivity index (χ4n) is 4.15. The van der Waals surface area contributed by atoms with E-state index in [0.29, 0.717) is 6.54 Å². The van der Waals surface area contributed by atoms with E-state index < -0.39 is 11.9 Å². The van der Waals surface area contributed by atoms with Gasteiger partial charge in [-0.15, -0.1) is 0 Å². The summed E-state index contributed by atoms with van der Waals surface area (Å²) in [4.78, 5) is 40.9. The minimum Gasteiger partial charge on any atom is -0.455 e. The van der Waals surface area contributed by atoms with Gasteiger partial charge in [0.05, 0.1) is 5.92 Å². The van der Waals surface area contributed by atoms with Gasteiger partial charge in [-0.2, -0.15) is 0 Å². The van der Waals surface area contributed by atoms with Crippen molar-refractivity contribution in [2.75, 3.05) is 29.5 Å². The Morgan fingerprint density at radius 2 is 1.87 bits per heavy atom. The lowest BCUT2D eigenvalue weighted by Gasteiger charge is -2.29. The molecule has 0 spiro atoms. The maximum atomic E-state index is 12.7. The van der Waals surface area contributed by atoms with Crippen molar-refractivity contribution in [1.29, 1.82) is 0 Å². The molecule has 2 aliphatic heterocycles. The van der Waals surface area contributed by atoms with Gasteiger partial charge in [0.1, 0.15) is 0 Å². The van der Waals surface area contributed by atoms with Gasteiger partial charge in [0.25, 0.3) is 5.91 Å². The molecule has 0 saturated carbocycles. The Bertz CT molecular complexity index is 954. The van der Waals surface area contributed by atoms with Crippen LogP contribution in [0.2, 0.25) is 0 Å². The van der Waals surface area contributed by atoms with E-state index in [4.69, 9.17) is 4.74 Å². The molecule has 30 heavy (non-hydrogen) atoms. The molecule has 0 aliphatic carbocycles. The summed E-state index contributed by atoms with van der Waals surface area (Å²) < 4.78 is 5.32. The van der Waals surface area contributed by atoms with Crippen LogP contribution < -0.4 is 9.80 Å². The Morgan fingerprint density at radius 3 is 2.63 bits per heavy atom. The SMILES string of the molecule is CCc1ccc(N2C[C@@H](C(=O)OCC(=O)N3CCCc4ccccc43)CC2=O)cc1. The maximum Gasteiger partial charge on any atom is 0.311 e. The number of nitrogens with zero attached hydrogens (tertiary/aromatic N) is 2. The number of hydrogen-bond donors (Lipinski definition) is 0. The molecular formula is C24H26N2O4. The van der Waals surface area contributed by atoms with Gasteiger partial charge in [-0.1, -0.05) is 37.3 Å². The largest absolute Gasteiger partial charge is 0.455 e. The molecule has 1 saturated heterocycles. The number of anilines is 2. The average Bonchev–Trinajstić information content (AvgIpc) is 3.18. The summed E-state index contributed by atoms with van der Waals surface area (Å²) in [5, 5.41) is 0. The van der Waals surface area contributed by atoms with Crippen LogP contribution in [0.1, 0.15) is 30.9 Å². The number of carbonyl (C=O) groups is 3. The summed E-state index contributed by atoms with van der Waals surface area (Å²) in [6.07, 6.45) is 2.87. The second kappa shape index (κ2) is 8.69. The van der Waals surface area contributed by atoms with Gasteiger partial charge < -0.3 is 14.5 Å². The second-order valence-electron chi connectivity index (χ2n) is 7.81. The normalized spacial score (nSPS) is 18.3. The van der Waals surface area contributed by atoms with Gasteiger partial charge in [-0.05, 0) is 48.6 Å². The van der Waals surface area contributed by atoms with Crippen LogP contribution in [-0.4, -0.2) is 37.5 Å². The molecule has 0 radical (unpaired) electrons. The molecule has 6 heteroatoms. The van der Waals surface area contributed by atoms with Crippen molar-refractivity contribution >= 4 is 29.2 Å². The lowest BCUT2D eigenvalue weighted by atomic mass is 10.0. The third-order valence-corrected chi connectivity index (χ3v) is 5.86. The first-order valence-corrected chi connectivity index (χ1v) is 10.5. The first-order valence-electron chi connectivity index (χ1n) is 10.5. The highest BCUT2D eigenvalue weighted by Gasteiger charge is 2.36. The minimum atomic E-state index is -0.551. The molecule has 0 bridgehead atoms. The molecule has 2 amide bonds. The Hall–Kier alpha value is -3.15. The zero-order chi connectivity index (χ0) is 21.1. The smallest absolute Gasteiger partial charge is 0.311 e.